The fourth-order valence-electron chi connectivity index (χ4n) is 0.724. The minimum absolute atomic E-state index is 1.04. The normalized spacial score (nSPS) is 10.5. The number of nitrogens with zero attached hydrogens (tertiary/aromatic N) is 2. The van der Waals surface area contributed by atoms with Gasteiger partial charge in [-0.1, -0.05) is 30.0 Å². The summed E-state index contributed by atoms with van der Waals surface area (Å²) in [4.78, 5) is 0. The fourth-order valence-corrected chi connectivity index (χ4v) is 2.51. The van der Waals surface area contributed by atoms with Gasteiger partial charge >= 0.3 is 0 Å². The largest absolute Gasteiger partial charge is 0.316 e. The summed E-state index contributed by atoms with van der Waals surface area (Å²) >= 11 is 3.42. The van der Waals surface area contributed by atoms with Crippen LogP contribution < -0.4 is 5.32 Å². The summed E-state index contributed by atoms with van der Waals surface area (Å²) in [5.41, 5.74) is 0. The van der Waals surface area contributed by atoms with Crippen molar-refractivity contribution >= 4 is 23.1 Å². The summed E-state index contributed by atoms with van der Waals surface area (Å²) in [6.07, 6.45) is 0. The maximum atomic E-state index is 4.02. The Labute approximate surface area is 81.0 Å². The molecule has 0 saturated heterocycles. The number of aryl methyl sites for hydroxylation is 1. The summed E-state index contributed by atoms with van der Waals surface area (Å²) in [6, 6.07) is 0. The summed E-state index contributed by atoms with van der Waals surface area (Å²) in [5, 5.41) is 12.3. The molecule has 12 heavy (non-hydrogen) atoms. The Morgan fingerprint density at radius 2 is 2.33 bits per heavy atom. The van der Waals surface area contributed by atoms with Gasteiger partial charge < -0.3 is 5.32 Å². The molecule has 0 aliphatic carbocycles. The first-order valence-electron chi connectivity index (χ1n) is 3.96. The monoisotopic (exact) mass is 203 g/mol. The molecule has 0 radical (unpaired) electrons. The molecule has 5 heteroatoms. The van der Waals surface area contributed by atoms with E-state index in [-0.39, 0.29) is 0 Å². The van der Waals surface area contributed by atoms with Crippen LogP contribution in [0, 0.1) is 6.92 Å². The number of rotatable bonds is 5. The zero-order valence-electron chi connectivity index (χ0n) is 7.33. The van der Waals surface area contributed by atoms with Crippen LogP contribution in [0.5, 0.6) is 0 Å². The van der Waals surface area contributed by atoms with Gasteiger partial charge in [0.25, 0.3) is 0 Å². The average molecular weight is 203 g/mol. The maximum absolute atomic E-state index is 4.02. The van der Waals surface area contributed by atoms with Gasteiger partial charge in [-0.05, 0) is 13.5 Å². The number of aromatic nitrogens is 2. The third kappa shape index (κ3) is 3.51. The predicted octanol–water partition coefficient (Wildman–Crippen LogP) is 1.55. The molecule has 0 unspecified atom stereocenters. The van der Waals surface area contributed by atoms with Crippen molar-refractivity contribution < 1.29 is 0 Å². The Bertz CT molecular complexity index is 224. The number of nitrogens with one attached hydrogen (secondary N) is 1. The SMILES string of the molecule is CCNCCSc1nnc(C)s1. The Morgan fingerprint density at radius 1 is 1.50 bits per heavy atom. The Hall–Kier alpha value is -0.130. The number of hydrogen-bond acceptors (Lipinski definition) is 5. The average Bonchev–Trinajstić information content (AvgIpc) is 2.45. The van der Waals surface area contributed by atoms with Gasteiger partial charge in [-0.2, -0.15) is 0 Å². The minimum Gasteiger partial charge on any atom is -0.316 e. The second kappa shape index (κ2) is 5.50. The third-order valence-corrected chi connectivity index (χ3v) is 3.24. The maximum Gasteiger partial charge on any atom is 0.174 e. The van der Waals surface area contributed by atoms with E-state index in [1.165, 1.54) is 0 Å². The lowest BCUT2D eigenvalue weighted by Gasteiger charge is -1.97. The standard InChI is InChI=1S/C7H13N3S2/c1-3-8-4-5-11-7-10-9-6(2)12-7/h8H,3-5H2,1-2H3. The smallest absolute Gasteiger partial charge is 0.174 e. The van der Waals surface area contributed by atoms with Crippen LogP contribution in [0.4, 0.5) is 0 Å². The van der Waals surface area contributed by atoms with E-state index in [2.05, 4.69) is 22.4 Å². The van der Waals surface area contributed by atoms with E-state index in [9.17, 15) is 0 Å². The first kappa shape index (κ1) is 9.95. The zero-order chi connectivity index (χ0) is 8.81. The van der Waals surface area contributed by atoms with Crippen LogP contribution >= 0.6 is 23.1 Å². The van der Waals surface area contributed by atoms with Gasteiger partial charge in [-0.15, -0.1) is 10.2 Å². The second-order valence-electron chi connectivity index (χ2n) is 2.29. The molecule has 0 aliphatic rings. The van der Waals surface area contributed by atoms with Crippen molar-refractivity contribution in [3.8, 4) is 0 Å². The van der Waals surface area contributed by atoms with Crippen molar-refractivity contribution in [3.05, 3.63) is 5.01 Å². The summed E-state index contributed by atoms with van der Waals surface area (Å²) in [6.45, 7) is 6.17. The quantitative estimate of drug-likeness (QED) is 0.582. The molecule has 0 amide bonds. The van der Waals surface area contributed by atoms with Crippen LogP contribution in [-0.2, 0) is 0 Å². The van der Waals surface area contributed by atoms with Crippen LogP contribution in [-0.4, -0.2) is 29.0 Å². The summed E-state index contributed by atoms with van der Waals surface area (Å²) in [5.74, 6) is 1.07. The van der Waals surface area contributed by atoms with Gasteiger partial charge in [0.05, 0.1) is 0 Å². The molecule has 0 aliphatic heterocycles. The van der Waals surface area contributed by atoms with Crippen LogP contribution in [0.2, 0.25) is 0 Å². The molecule has 0 spiro atoms. The van der Waals surface area contributed by atoms with Crippen LogP contribution in [0.25, 0.3) is 0 Å². The molecule has 1 rings (SSSR count). The van der Waals surface area contributed by atoms with Crippen LogP contribution in [0.1, 0.15) is 11.9 Å². The fraction of sp³-hybridized carbons (Fsp3) is 0.714. The van der Waals surface area contributed by atoms with E-state index in [0.29, 0.717) is 0 Å². The van der Waals surface area contributed by atoms with Gasteiger partial charge in [0.15, 0.2) is 4.34 Å². The lowest BCUT2D eigenvalue weighted by Crippen LogP contribution is -2.15. The van der Waals surface area contributed by atoms with E-state index < -0.39 is 0 Å². The molecule has 0 atom stereocenters. The lowest BCUT2D eigenvalue weighted by molar-refractivity contribution is 0.768. The Kier molecular flexibility index (Phi) is 4.57. The van der Waals surface area contributed by atoms with Gasteiger partial charge in [-0.25, -0.2) is 0 Å². The van der Waals surface area contributed by atoms with E-state index in [1.807, 2.05) is 6.92 Å². The second-order valence-corrected chi connectivity index (χ2v) is 4.81. The first-order valence-corrected chi connectivity index (χ1v) is 5.76. The third-order valence-electron chi connectivity index (χ3n) is 1.26. The minimum atomic E-state index is 1.04. The van der Waals surface area contributed by atoms with Crippen LogP contribution in [0.15, 0.2) is 4.34 Å². The molecule has 1 aromatic heterocycles. The zero-order valence-corrected chi connectivity index (χ0v) is 8.97. The number of hydrogen-bond donors (Lipinski definition) is 1. The van der Waals surface area contributed by atoms with Gasteiger partial charge in [-0.3, -0.25) is 0 Å². The number of thioether (sulfide) groups is 1. The van der Waals surface area contributed by atoms with Crippen molar-refractivity contribution in [1.82, 2.24) is 15.5 Å². The van der Waals surface area contributed by atoms with Crippen molar-refractivity contribution in [3.63, 3.8) is 0 Å². The van der Waals surface area contributed by atoms with E-state index >= 15 is 0 Å². The molecule has 1 aromatic rings. The molecular weight excluding hydrogens is 190 g/mol. The van der Waals surface area contributed by atoms with Crippen molar-refractivity contribution in [2.45, 2.75) is 18.2 Å². The van der Waals surface area contributed by atoms with Crippen LogP contribution in [0.3, 0.4) is 0 Å². The van der Waals surface area contributed by atoms with Gasteiger partial charge in [0.2, 0.25) is 0 Å². The molecule has 1 N–H and O–H groups in total. The highest BCUT2D eigenvalue weighted by molar-refractivity contribution is 8.01. The predicted molar refractivity (Wildman–Crippen MR) is 53.9 cm³/mol. The van der Waals surface area contributed by atoms with Gasteiger partial charge in [0, 0.05) is 12.3 Å². The highest BCUT2D eigenvalue weighted by Crippen LogP contribution is 2.20. The van der Waals surface area contributed by atoms with Gasteiger partial charge in [0.1, 0.15) is 5.01 Å². The van der Waals surface area contributed by atoms with Crippen molar-refractivity contribution in [1.29, 1.82) is 0 Å². The molecule has 0 saturated carbocycles. The topological polar surface area (TPSA) is 37.8 Å². The molecular formula is C7H13N3S2. The highest BCUT2D eigenvalue weighted by atomic mass is 32.2. The summed E-state index contributed by atoms with van der Waals surface area (Å²) in [7, 11) is 0. The lowest BCUT2D eigenvalue weighted by atomic mass is 10.7. The van der Waals surface area contributed by atoms with E-state index in [0.717, 1.165) is 28.2 Å². The van der Waals surface area contributed by atoms with E-state index in [4.69, 9.17) is 0 Å². The molecule has 68 valence electrons. The Balaban J connectivity index is 2.15. The van der Waals surface area contributed by atoms with Crippen molar-refractivity contribution in [2.24, 2.45) is 0 Å². The first-order chi connectivity index (χ1) is 5.83. The molecule has 1 heterocycles. The molecule has 0 fully saturated rings. The highest BCUT2D eigenvalue weighted by Gasteiger charge is 1.99. The molecule has 0 bridgehead atoms. The Morgan fingerprint density at radius 3 is 2.92 bits per heavy atom. The molecule has 0 aromatic carbocycles. The molecule has 3 nitrogen and oxygen atoms in total. The van der Waals surface area contributed by atoms with E-state index in [1.54, 1.807) is 23.1 Å². The summed E-state index contributed by atoms with van der Waals surface area (Å²) < 4.78 is 1.07. The van der Waals surface area contributed by atoms with Crippen molar-refractivity contribution in [2.75, 3.05) is 18.8 Å².